The highest BCUT2D eigenvalue weighted by Crippen LogP contribution is 2.41. The number of hydrogen-bond acceptors (Lipinski definition) is 7. The topological polar surface area (TPSA) is 104 Å². The van der Waals surface area contributed by atoms with E-state index < -0.39 is 11.9 Å². The molecule has 2 bridgehead atoms. The van der Waals surface area contributed by atoms with Gasteiger partial charge in [-0.3, -0.25) is 0 Å². The van der Waals surface area contributed by atoms with E-state index in [4.69, 9.17) is 19.8 Å². The molecule has 25 heavy (non-hydrogen) atoms. The first kappa shape index (κ1) is 20.1. The van der Waals surface area contributed by atoms with Gasteiger partial charge in [-0.25, -0.2) is 9.59 Å². The van der Waals surface area contributed by atoms with Crippen molar-refractivity contribution in [2.75, 3.05) is 25.4 Å². The second-order valence-electron chi connectivity index (χ2n) is 6.39. The van der Waals surface area contributed by atoms with E-state index in [1.54, 1.807) is 0 Å². The van der Waals surface area contributed by atoms with Gasteiger partial charge in [-0.1, -0.05) is 19.8 Å². The molecule has 0 radical (unpaired) electrons. The summed E-state index contributed by atoms with van der Waals surface area (Å²) in [6.45, 7) is 6.07. The minimum Gasteiger partial charge on any atom is -0.473 e. The lowest BCUT2D eigenvalue weighted by Gasteiger charge is -2.21. The number of piperidine rings is 1. The van der Waals surface area contributed by atoms with Crippen LogP contribution in [0.25, 0.3) is 0 Å². The van der Waals surface area contributed by atoms with E-state index in [1.807, 2.05) is 11.8 Å². The van der Waals surface area contributed by atoms with Gasteiger partial charge in [-0.15, -0.1) is 11.8 Å². The molecule has 0 amide bonds. The van der Waals surface area contributed by atoms with Crippen LogP contribution in [0.1, 0.15) is 50.6 Å². The molecule has 1 aromatic rings. The quantitative estimate of drug-likeness (QED) is 0.436. The van der Waals surface area contributed by atoms with Crippen LogP contribution in [0.4, 0.5) is 0 Å². The third-order valence-electron chi connectivity index (χ3n) is 4.57. The Morgan fingerprint density at radius 1 is 1.24 bits per heavy atom. The Bertz CT molecular complexity index is 569. The summed E-state index contributed by atoms with van der Waals surface area (Å²) in [7, 11) is 0. The summed E-state index contributed by atoms with van der Waals surface area (Å²) in [5, 5.41) is 16.0. The van der Waals surface area contributed by atoms with Crippen molar-refractivity contribution in [3.05, 3.63) is 5.69 Å². The maximum Gasteiger partial charge on any atom is 0.414 e. The van der Waals surface area contributed by atoms with E-state index in [9.17, 15) is 0 Å². The molecular formula is C16H25N3O4S2. The molecule has 0 saturated carbocycles. The number of hydrogen-bond donors (Lipinski definition) is 2. The minimum absolute atomic E-state index is 0.662. The predicted molar refractivity (Wildman–Crippen MR) is 97.3 cm³/mol. The number of thioether (sulfide) groups is 1. The van der Waals surface area contributed by atoms with Gasteiger partial charge in [0.05, 0.1) is 17.4 Å². The highest BCUT2D eigenvalue weighted by molar-refractivity contribution is 7.99. The lowest BCUT2D eigenvalue weighted by molar-refractivity contribution is -0.159. The Morgan fingerprint density at radius 3 is 2.64 bits per heavy atom. The third kappa shape index (κ3) is 5.93. The van der Waals surface area contributed by atoms with Crippen molar-refractivity contribution in [2.24, 2.45) is 5.92 Å². The maximum atomic E-state index is 9.10. The molecule has 2 aliphatic rings. The molecule has 3 rings (SSSR count). The molecule has 9 heteroatoms. The molecule has 0 aliphatic carbocycles. The maximum absolute atomic E-state index is 9.10. The van der Waals surface area contributed by atoms with Crippen LogP contribution in [0.3, 0.4) is 0 Å². The molecule has 2 aliphatic heterocycles. The van der Waals surface area contributed by atoms with Crippen molar-refractivity contribution in [1.29, 1.82) is 0 Å². The number of unbranched alkanes of at least 4 members (excludes halogenated alkanes) is 2. The summed E-state index contributed by atoms with van der Waals surface area (Å²) in [6.07, 6.45) is 6.69. The average Bonchev–Trinajstić information content (AvgIpc) is 3.16. The van der Waals surface area contributed by atoms with E-state index in [0.29, 0.717) is 5.92 Å². The van der Waals surface area contributed by atoms with Gasteiger partial charge in [-0.2, -0.15) is 8.75 Å². The fourth-order valence-electron chi connectivity index (χ4n) is 3.36. The van der Waals surface area contributed by atoms with Crippen molar-refractivity contribution in [1.82, 2.24) is 13.6 Å². The Balaban J connectivity index is 0.000000326. The number of fused-ring (bicyclic) bond motifs is 2. The zero-order valence-electron chi connectivity index (χ0n) is 14.4. The van der Waals surface area contributed by atoms with Gasteiger partial charge in [0, 0.05) is 19.0 Å². The summed E-state index contributed by atoms with van der Waals surface area (Å²) in [5.41, 5.74) is 1.32. The summed E-state index contributed by atoms with van der Waals surface area (Å²) < 4.78 is 9.19. The van der Waals surface area contributed by atoms with Crippen molar-refractivity contribution in [3.63, 3.8) is 0 Å². The predicted octanol–water partition coefficient (Wildman–Crippen LogP) is 2.79. The zero-order valence-corrected chi connectivity index (χ0v) is 16.0. The smallest absolute Gasteiger partial charge is 0.414 e. The van der Waals surface area contributed by atoms with Gasteiger partial charge in [0.1, 0.15) is 5.03 Å². The SMILES string of the molecule is CCCCCSc1nsnc1C1CN2CCCC1C2.O=C(O)C(=O)O. The molecule has 7 nitrogen and oxygen atoms in total. The van der Waals surface area contributed by atoms with Crippen molar-refractivity contribution in [3.8, 4) is 0 Å². The second-order valence-corrected chi connectivity index (χ2v) is 8.00. The molecular weight excluding hydrogens is 362 g/mol. The van der Waals surface area contributed by atoms with Crippen LogP contribution in [0.15, 0.2) is 5.03 Å². The van der Waals surface area contributed by atoms with Crippen molar-refractivity contribution in [2.45, 2.75) is 50.0 Å². The number of rotatable bonds is 6. The second kappa shape index (κ2) is 10.1. The fourth-order valence-corrected chi connectivity index (χ4v) is 5.13. The number of carboxylic acid groups (broad SMARTS) is 2. The third-order valence-corrected chi connectivity index (χ3v) is 6.29. The number of aliphatic carboxylic acids is 2. The van der Waals surface area contributed by atoms with Crippen LogP contribution >= 0.6 is 23.5 Å². The first-order valence-corrected chi connectivity index (χ1v) is 10.4. The molecule has 3 heterocycles. The summed E-state index contributed by atoms with van der Waals surface area (Å²) in [6, 6.07) is 0. The number of carbonyl (C=O) groups is 2. The molecule has 3 unspecified atom stereocenters. The lowest BCUT2D eigenvalue weighted by atomic mass is 9.89. The van der Waals surface area contributed by atoms with Crippen LogP contribution in [0, 0.1) is 5.92 Å². The molecule has 3 atom stereocenters. The standard InChI is InChI=1S/C14H23N3S2.C2H2O4/c1-2-3-4-8-18-14-13(15-19-16-14)12-10-17-7-5-6-11(12)9-17;3-1(4)2(5)6/h11-12H,2-10H2,1H3;(H,3,4)(H,5,6). The Kier molecular flexibility index (Phi) is 8.11. The minimum atomic E-state index is -1.82. The molecule has 2 N–H and O–H groups in total. The molecule has 2 saturated heterocycles. The van der Waals surface area contributed by atoms with Gasteiger partial charge in [-0.05, 0) is 37.5 Å². The first-order chi connectivity index (χ1) is 12.0. The normalized spacial score (nSPS) is 24.4. The number of carboxylic acids is 2. The first-order valence-electron chi connectivity index (χ1n) is 8.66. The van der Waals surface area contributed by atoms with Gasteiger partial charge in [0.15, 0.2) is 0 Å². The molecule has 2 fully saturated rings. The van der Waals surface area contributed by atoms with Crippen molar-refractivity contribution >= 4 is 35.4 Å². The lowest BCUT2D eigenvalue weighted by Crippen LogP contribution is -2.25. The Hall–Kier alpha value is -1.19. The molecule has 0 aromatic carbocycles. The van der Waals surface area contributed by atoms with E-state index in [-0.39, 0.29) is 0 Å². The van der Waals surface area contributed by atoms with Crippen LogP contribution in [-0.4, -0.2) is 61.2 Å². The monoisotopic (exact) mass is 387 g/mol. The summed E-state index contributed by atoms with van der Waals surface area (Å²) >= 11 is 3.34. The highest BCUT2D eigenvalue weighted by atomic mass is 32.2. The fraction of sp³-hybridized carbons (Fsp3) is 0.750. The Labute approximate surface area is 156 Å². The average molecular weight is 388 g/mol. The number of aromatic nitrogens is 2. The van der Waals surface area contributed by atoms with E-state index in [1.165, 1.54) is 79.9 Å². The Morgan fingerprint density at radius 2 is 2.00 bits per heavy atom. The van der Waals surface area contributed by atoms with E-state index in [2.05, 4.69) is 20.6 Å². The van der Waals surface area contributed by atoms with Crippen LogP contribution in [0.2, 0.25) is 0 Å². The van der Waals surface area contributed by atoms with Gasteiger partial charge < -0.3 is 15.1 Å². The van der Waals surface area contributed by atoms with Gasteiger partial charge in [0.2, 0.25) is 0 Å². The van der Waals surface area contributed by atoms with Crippen molar-refractivity contribution < 1.29 is 19.8 Å². The molecule has 0 spiro atoms. The number of nitrogens with zero attached hydrogens (tertiary/aromatic N) is 3. The van der Waals surface area contributed by atoms with Gasteiger partial charge >= 0.3 is 11.9 Å². The largest absolute Gasteiger partial charge is 0.473 e. The summed E-state index contributed by atoms with van der Waals surface area (Å²) in [5.74, 6) is -0.944. The van der Waals surface area contributed by atoms with Gasteiger partial charge in [0.25, 0.3) is 0 Å². The summed E-state index contributed by atoms with van der Waals surface area (Å²) in [4.78, 5) is 20.8. The highest BCUT2D eigenvalue weighted by Gasteiger charge is 2.38. The molecule has 1 aromatic heterocycles. The zero-order chi connectivity index (χ0) is 18.2. The van der Waals surface area contributed by atoms with Crippen LogP contribution in [0.5, 0.6) is 0 Å². The van der Waals surface area contributed by atoms with E-state index in [0.717, 1.165) is 5.92 Å². The van der Waals surface area contributed by atoms with E-state index >= 15 is 0 Å². The molecule has 140 valence electrons. The van der Waals surface area contributed by atoms with Crippen LogP contribution in [-0.2, 0) is 9.59 Å². The van der Waals surface area contributed by atoms with Crippen LogP contribution < -0.4 is 0 Å².